The molecular weight excluding hydrogens is 452 g/mol. The molecule has 0 heterocycles. The van der Waals surface area contributed by atoms with E-state index in [-0.39, 0.29) is 21.7 Å². The van der Waals surface area contributed by atoms with Gasteiger partial charge in [-0.25, -0.2) is 0 Å². The first-order chi connectivity index (χ1) is 16.6. The molecule has 0 atom stereocenters. The van der Waals surface area contributed by atoms with Gasteiger partial charge in [0.15, 0.2) is 0 Å². The summed E-state index contributed by atoms with van der Waals surface area (Å²) in [4.78, 5) is 0. The lowest BCUT2D eigenvalue weighted by Gasteiger charge is -2.28. The molecule has 200 valence electrons. The summed E-state index contributed by atoms with van der Waals surface area (Å²) in [6.07, 6.45) is 0. The smallest absolute Gasteiger partial charge is 0.127 e. The number of hydrogen-bond acceptors (Lipinski definition) is 2. The van der Waals surface area contributed by atoms with Crippen LogP contribution in [-0.4, -0.2) is 10.2 Å². The summed E-state index contributed by atoms with van der Waals surface area (Å²) >= 11 is 0. The number of aromatic hydroxyl groups is 2. The zero-order chi connectivity index (χ0) is 28.3. The van der Waals surface area contributed by atoms with Crippen molar-refractivity contribution in [3.05, 3.63) is 70.3 Å². The Morgan fingerprint density at radius 3 is 1.03 bits per heavy atom. The summed E-state index contributed by atoms with van der Waals surface area (Å²) in [5.41, 5.74) is 8.45. The van der Waals surface area contributed by atoms with E-state index < -0.39 is 0 Å². The summed E-state index contributed by atoms with van der Waals surface area (Å²) in [5, 5.41) is 23.1. The van der Waals surface area contributed by atoms with E-state index in [2.05, 4.69) is 132 Å². The van der Waals surface area contributed by atoms with Crippen molar-refractivity contribution in [3.8, 4) is 33.8 Å². The molecular formula is C35H48O2. The van der Waals surface area contributed by atoms with Crippen molar-refractivity contribution in [2.45, 2.75) is 112 Å². The molecule has 0 aliphatic heterocycles. The molecule has 0 spiro atoms. The lowest BCUT2D eigenvalue weighted by atomic mass is 9.77. The standard InChI is InChI=1S/C35H48O2/c1-21-14-22(26-17-24(32(2,3)4)19-28(30(26)36)34(8,9)10)16-23(15-21)27-18-25(33(5,6)7)20-29(31(27)37)35(11,12)13/h14-20,36-37H,1-13H3. The summed E-state index contributed by atoms with van der Waals surface area (Å²) < 4.78 is 0. The van der Waals surface area contributed by atoms with Gasteiger partial charge in [-0.1, -0.05) is 107 Å². The SMILES string of the molecule is Cc1cc(-c2cc(C(C)(C)C)cc(C(C)(C)C)c2O)cc(-c2cc(C(C)(C)C)cc(C(C)(C)C)c2O)c1. The summed E-state index contributed by atoms with van der Waals surface area (Å²) in [7, 11) is 0. The van der Waals surface area contributed by atoms with E-state index in [0.29, 0.717) is 11.5 Å². The van der Waals surface area contributed by atoms with E-state index in [4.69, 9.17) is 0 Å². The lowest BCUT2D eigenvalue weighted by molar-refractivity contribution is 0.446. The maximum atomic E-state index is 11.5. The molecule has 37 heavy (non-hydrogen) atoms. The molecule has 0 aromatic heterocycles. The second-order valence-corrected chi connectivity index (χ2v) is 14.9. The molecule has 0 fully saturated rings. The number of phenolic OH excluding ortho intramolecular Hbond substituents is 2. The van der Waals surface area contributed by atoms with Crippen LogP contribution in [0.2, 0.25) is 0 Å². The van der Waals surface area contributed by atoms with E-state index in [1.165, 1.54) is 11.1 Å². The Labute approximate surface area is 225 Å². The van der Waals surface area contributed by atoms with Crippen molar-refractivity contribution < 1.29 is 10.2 Å². The van der Waals surface area contributed by atoms with Crippen LogP contribution in [0, 0.1) is 6.92 Å². The maximum Gasteiger partial charge on any atom is 0.127 e. The van der Waals surface area contributed by atoms with E-state index >= 15 is 0 Å². The second-order valence-electron chi connectivity index (χ2n) is 14.9. The molecule has 0 bridgehead atoms. The highest BCUT2D eigenvalue weighted by Gasteiger charge is 2.28. The Morgan fingerprint density at radius 1 is 0.432 bits per heavy atom. The monoisotopic (exact) mass is 500 g/mol. The minimum atomic E-state index is -0.201. The molecule has 2 nitrogen and oxygen atoms in total. The van der Waals surface area contributed by atoms with Crippen molar-refractivity contribution in [3.63, 3.8) is 0 Å². The topological polar surface area (TPSA) is 40.5 Å². The van der Waals surface area contributed by atoms with E-state index in [1.807, 2.05) is 0 Å². The Hall–Kier alpha value is -2.74. The molecule has 0 aliphatic rings. The van der Waals surface area contributed by atoms with Gasteiger partial charge in [-0.15, -0.1) is 0 Å². The van der Waals surface area contributed by atoms with Crippen LogP contribution >= 0.6 is 0 Å². The van der Waals surface area contributed by atoms with Gasteiger partial charge in [-0.2, -0.15) is 0 Å². The van der Waals surface area contributed by atoms with Gasteiger partial charge in [-0.3, -0.25) is 0 Å². The molecule has 0 saturated heterocycles. The zero-order valence-corrected chi connectivity index (χ0v) is 25.4. The molecule has 0 unspecified atom stereocenters. The third-order valence-electron chi connectivity index (χ3n) is 7.27. The van der Waals surface area contributed by atoms with Gasteiger partial charge in [0.25, 0.3) is 0 Å². The number of rotatable bonds is 2. The quantitative estimate of drug-likeness (QED) is 0.367. The van der Waals surface area contributed by atoms with Gasteiger partial charge in [0.2, 0.25) is 0 Å². The minimum Gasteiger partial charge on any atom is -0.507 e. The average Bonchev–Trinajstić information content (AvgIpc) is 2.70. The molecule has 3 aromatic rings. The number of hydrogen-bond donors (Lipinski definition) is 2. The van der Waals surface area contributed by atoms with Crippen molar-refractivity contribution in [1.29, 1.82) is 0 Å². The Balaban J connectivity index is 2.38. The first-order valence-corrected chi connectivity index (χ1v) is 13.5. The molecule has 0 radical (unpaired) electrons. The fourth-order valence-electron chi connectivity index (χ4n) is 4.81. The first kappa shape index (κ1) is 28.8. The molecule has 2 N–H and O–H groups in total. The molecule has 3 aromatic carbocycles. The van der Waals surface area contributed by atoms with Crippen LogP contribution in [0.25, 0.3) is 22.3 Å². The first-order valence-electron chi connectivity index (χ1n) is 13.5. The fraction of sp³-hybridized carbons (Fsp3) is 0.486. The highest BCUT2D eigenvalue weighted by Crippen LogP contribution is 2.46. The summed E-state index contributed by atoms with van der Waals surface area (Å²) in [6.45, 7) is 28.2. The van der Waals surface area contributed by atoms with Crippen LogP contribution in [0.3, 0.4) is 0 Å². The molecule has 2 heteroatoms. The molecule has 3 rings (SSSR count). The van der Waals surface area contributed by atoms with Crippen LogP contribution in [0.1, 0.15) is 111 Å². The Morgan fingerprint density at radius 2 is 0.757 bits per heavy atom. The maximum absolute atomic E-state index is 11.5. The van der Waals surface area contributed by atoms with Gasteiger partial charge in [0.05, 0.1) is 0 Å². The van der Waals surface area contributed by atoms with Gasteiger partial charge in [0, 0.05) is 22.3 Å². The Bertz CT molecular complexity index is 1210. The van der Waals surface area contributed by atoms with E-state index in [1.54, 1.807) is 0 Å². The predicted molar refractivity (Wildman–Crippen MR) is 160 cm³/mol. The van der Waals surface area contributed by atoms with Crippen molar-refractivity contribution in [2.75, 3.05) is 0 Å². The van der Waals surface area contributed by atoms with Gasteiger partial charge < -0.3 is 10.2 Å². The molecule has 0 saturated carbocycles. The zero-order valence-electron chi connectivity index (χ0n) is 25.4. The van der Waals surface area contributed by atoms with Crippen LogP contribution < -0.4 is 0 Å². The van der Waals surface area contributed by atoms with Crippen molar-refractivity contribution in [1.82, 2.24) is 0 Å². The van der Waals surface area contributed by atoms with E-state index in [9.17, 15) is 10.2 Å². The highest BCUT2D eigenvalue weighted by atomic mass is 16.3. The minimum absolute atomic E-state index is 0.0595. The van der Waals surface area contributed by atoms with Crippen molar-refractivity contribution >= 4 is 0 Å². The average molecular weight is 501 g/mol. The fourth-order valence-corrected chi connectivity index (χ4v) is 4.81. The number of phenols is 2. The number of benzene rings is 3. The summed E-state index contributed by atoms with van der Waals surface area (Å²) in [6, 6.07) is 15.0. The number of aryl methyl sites for hydroxylation is 1. The second kappa shape index (κ2) is 9.22. The van der Waals surface area contributed by atoms with Crippen LogP contribution in [0.4, 0.5) is 0 Å². The molecule has 0 aliphatic carbocycles. The van der Waals surface area contributed by atoms with Crippen LogP contribution in [-0.2, 0) is 21.7 Å². The third-order valence-corrected chi connectivity index (χ3v) is 7.27. The highest BCUT2D eigenvalue weighted by molar-refractivity contribution is 5.82. The van der Waals surface area contributed by atoms with E-state index in [0.717, 1.165) is 38.9 Å². The molecule has 0 amide bonds. The normalized spacial score (nSPS) is 13.2. The predicted octanol–water partition coefficient (Wildman–Crippen LogP) is 9.93. The Kier molecular flexibility index (Phi) is 7.19. The summed E-state index contributed by atoms with van der Waals surface area (Å²) in [5.74, 6) is 0.667. The van der Waals surface area contributed by atoms with Crippen LogP contribution in [0.15, 0.2) is 42.5 Å². The lowest BCUT2D eigenvalue weighted by Crippen LogP contribution is -2.17. The third kappa shape index (κ3) is 6.06. The largest absolute Gasteiger partial charge is 0.507 e. The van der Waals surface area contributed by atoms with Crippen molar-refractivity contribution in [2.24, 2.45) is 0 Å². The van der Waals surface area contributed by atoms with Gasteiger partial charge >= 0.3 is 0 Å². The van der Waals surface area contributed by atoms with Crippen LogP contribution in [0.5, 0.6) is 11.5 Å². The van der Waals surface area contributed by atoms with Gasteiger partial charge in [0.1, 0.15) is 11.5 Å². The van der Waals surface area contributed by atoms with Gasteiger partial charge in [-0.05, 0) is 74.6 Å².